The van der Waals surface area contributed by atoms with Crippen molar-refractivity contribution in [2.45, 2.75) is 0 Å². The van der Waals surface area contributed by atoms with E-state index < -0.39 is 23.5 Å². The zero-order valence-corrected chi connectivity index (χ0v) is 15.4. The number of carbonyl (C=O) groups excluding carboxylic acids is 4. The Morgan fingerprint density at radius 1 is 0.633 bits per heavy atom. The summed E-state index contributed by atoms with van der Waals surface area (Å²) < 4.78 is 10.2. The van der Waals surface area contributed by atoms with Gasteiger partial charge < -0.3 is 9.47 Å². The first-order chi connectivity index (χ1) is 14.6. The maximum absolute atomic E-state index is 12.3. The summed E-state index contributed by atoms with van der Waals surface area (Å²) in [4.78, 5) is 56.3. The topological polar surface area (TPSA) is 111 Å². The van der Waals surface area contributed by atoms with Crippen LogP contribution in [0.2, 0.25) is 0 Å². The standard InChI is InChI=1S/C22H12N2O6/c25-19-13-5-1-3-7-17(13)29-21(27)15(19)11-23-9-10-24-12-16-20(26)14-6-2-4-8-18(14)30-22(16)28/h1-8H,9-10H2. The van der Waals surface area contributed by atoms with E-state index in [4.69, 9.17) is 9.47 Å². The number of rotatable bonds is 3. The summed E-state index contributed by atoms with van der Waals surface area (Å²) in [6.07, 6.45) is 0. The molecule has 0 saturated heterocycles. The molecule has 2 aliphatic heterocycles. The normalized spacial score (nSPS) is 14.7. The zero-order valence-electron chi connectivity index (χ0n) is 15.4. The fourth-order valence-corrected chi connectivity index (χ4v) is 2.81. The minimum Gasteiger partial charge on any atom is -0.422 e. The number of benzene rings is 2. The highest BCUT2D eigenvalue weighted by molar-refractivity contribution is 6.33. The summed E-state index contributed by atoms with van der Waals surface area (Å²) in [5.41, 5.74) is -0.100. The van der Waals surface area contributed by atoms with Crippen LogP contribution in [0.4, 0.5) is 0 Å². The molecule has 0 bridgehead atoms. The molecular formula is C22H12N2O6. The van der Waals surface area contributed by atoms with E-state index in [-0.39, 0.29) is 46.9 Å². The number of ether oxygens (including phenoxy) is 2. The van der Waals surface area contributed by atoms with Crippen molar-refractivity contribution in [2.75, 3.05) is 13.1 Å². The van der Waals surface area contributed by atoms with E-state index in [0.717, 1.165) is 0 Å². The highest BCUT2D eigenvalue weighted by Crippen LogP contribution is 2.27. The van der Waals surface area contributed by atoms with Crippen molar-refractivity contribution in [1.29, 1.82) is 0 Å². The molecular weight excluding hydrogens is 388 g/mol. The first kappa shape index (κ1) is 19.0. The fourth-order valence-electron chi connectivity index (χ4n) is 2.81. The first-order valence-corrected chi connectivity index (χ1v) is 8.87. The van der Waals surface area contributed by atoms with Crippen LogP contribution in [0.5, 0.6) is 11.5 Å². The molecule has 8 heteroatoms. The second kappa shape index (κ2) is 7.93. The maximum atomic E-state index is 12.3. The van der Waals surface area contributed by atoms with E-state index in [1.165, 1.54) is 12.1 Å². The van der Waals surface area contributed by atoms with E-state index in [0.29, 0.717) is 0 Å². The Bertz CT molecular complexity index is 1150. The van der Waals surface area contributed by atoms with E-state index in [1.807, 2.05) is 0 Å². The van der Waals surface area contributed by atoms with E-state index >= 15 is 0 Å². The molecule has 8 nitrogen and oxygen atoms in total. The molecule has 0 fully saturated rings. The van der Waals surface area contributed by atoms with Gasteiger partial charge in [-0.05, 0) is 24.3 Å². The van der Waals surface area contributed by atoms with Crippen LogP contribution in [-0.4, -0.2) is 48.3 Å². The molecule has 0 atom stereocenters. The first-order valence-electron chi connectivity index (χ1n) is 8.87. The number of hydrogen-bond donors (Lipinski definition) is 0. The number of para-hydroxylation sites is 2. The van der Waals surface area contributed by atoms with Crippen LogP contribution in [-0.2, 0) is 9.59 Å². The molecule has 0 spiro atoms. The Labute approximate surface area is 169 Å². The minimum absolute atomic E-state index is 0.0474. The van der Waals surface area contributed by atoms with Crippen LogP contribution >= 0.6 is 0 Å². The number of fused-ring (bicyclic) bond motifs is 2. The highest BCUT2D eigenvalue weighted by atomic mass is 16.5. The second-order valence-electron chi connectivity index (χ2n) is 6.17. The summed E-state index contributed by atoms with van der Waals surface area (Å²) in [6.45, 7) is 0.0949. The maximum Gasteiger partial charge on any atom is 0.357 e. The number of carbonyl (C=O) groups is 4. The number of ketones is 2. The Hall–Kier alpha value is -4.38. The number of esters is 2. The average Bonchev–Trinajstić information content (AvgIpc) is 2.74. The monoisotopic (exact) mass is 400 g/mol. The number of aliphatic imine (C=N–C) groups is 2. The van der Waals surface area contributed by atoms with Crippen molar-refractivity contribution in [3.63, 3.8) is 0 Å². The molecule has 2 aromatic carbocycles. The molecule has 2 aromatic rings. The van der Waals surface area contributed by atoms with Crippen molar-refractivity contribution in [1.82, 2.24) is 0 Å². The third-order valence-corrected chi connectivity index (χ3v) is 4.24. The summed E-state index contributed by atoms with van der Waals surface area (Å²) in [5, 5.41) is 0. The van der Waals surface area contributed by atoms with Gasteiger partial charge >= 0.3 is 11.9 Å². The van der Waals surface area contributed by atoms with Crippen molar-refractivity contribution >= 4 is 35.2 Å². The lowest BCUT2D eigenvalue weighted by Gasteiger charge is -2.14. The van der Waals surface area contributed by atoms with Gasteiger partial charge in [-0.15, -0.1) is 0 Å². The second-order valence-corrected chi connectivity index (χ2v) is 6.17. The number of nitrogens with zero attached hydrogens (tertiary/aromatic N) is 2. The van der Waals surface area contributed by atoms with Crippen LogP contribution in [0.15, 0.2) is 69.7 Å². The third-order valence-electron chi connectivity index (χ3n) is 4.24. The molecule has 146 valence electrons. The molecule has 0 saturated carbocycles. The lowest BCUT2D eigenvalue weighted by atomic mass is 10.0. The van der Waals surface area contributed by atoms with Crippen molar-refractivity contribution in [2.24, 2.45) is 9.98 Å². The van der Waals surface area contributed by atoms with Crippen LogP contribution in [0.25, 0.3) is 0 Å². The smallest absolute Gasteiger partial charge is 0.357 e. The number of hydrogen-bond acceptors (Lipinski definition) is 8. The van der Waals surface area contributed by atoms with Crippen LogP contribution in [0.1, 0.15) is 20.7 Å². The van der Waals surface area contributed by atoms with Gasteiger partial charge in [-0.2, -0.15) is 0 Å². The molecule has 0 N–H and O–H groups in total. The SMILES string of the molecule is O=C1Oc2ccccc2C(=O)C1=C=NCCN=C=C1C(=O)Oc2ccccc2C1=O. The largest absolute Gasteiger partial charge is 0.422 e. The molecule has 0 aromatic heterocycles. The number of Topliss-reactive ketones (excluding diaryl/α,β-unsaturated/α-hetero) is 2. The molecule has 0 radical (unpaired) electrons. The van der Waals surface area contributed by atoms with E-state index in [1.54, 1.807) is 36.4 Å². The van der Waals surface area contributed by atoms with Gasteiger partial charge in [-0.1, -0.05) is 24.3 Å². The van der Waals surface area contributed by atoms with Crippen molar-refractivity contribution < 1.29 is 28.7 Å². The molecule has 4 rings (SSSR count). The fraction of sp³-hybridized carbons (Fsp3) is 0.0909. The van der Waals surface area contributed by atoms with Crippen LogP contribution in [0, 0.1) is 0 Å². The molecule has 0 amide bonds. The van der Waals surface area contributed by atoms with Crippen molar-refractivity contribution in [3.8, 4) is 11.5 Å². The van der Waals surface area contributed by atoms with Gasteiger partial charge in [0, 0.05) is 11.7 Å². The van der Waals surface area contributed by atoms with Gasteiger partial charge in [-0.3, -0.25) is 9.59 Å². The molecule has 30 heavy (non-hydrogen) atoms. The Kier molecular flexibility index (Phi) is 5.01. The summed E-state index contributed by atoms with van der Waals surface area (Å²) in [6, 6.07) is 12.8. The van der Waals surface area contributed by atoms with Gasteiger partial charge in [0.25, 0.3) is 0 Å². The predicted molar refractivity (Wildman–Crippen MR) is 104 cm³/mol. The van der Waals surface area contributed by atoms with Gasteiger partial charge in [0.1, 0.15) is 11.5 Å². The average molecular weight is 400 g/mol. The van der Waals surface area contributed by atoms with Gasteiger partial charge in [0.15, 0.2) is 11.1 Å². The molecule has 0 aliphatic carbocycles. The minimum atomic E-state index is -0.831. The zero-order chi connectivity index (χ0) is 21.1. The Morgan fingerprint density at radius 3 is 1.47 bits per heavy atom. The van der Waals surface area contributed by atoms with Crippen molar-refractivity contribution in [3.05, 3.63) is 70.8 Å². The van der Waals surface area contributed by atoms with E-state index in [2.05, 4.69) is 21.7 Å². The summed E-state index contributed by atoms with van der Waals surface area (Å²) in [5.74, 6) is 2.47. The summed E-state index contributed by atoms with van der Waals surface area (Å²) in [7, 11) is 0. The van der Waals surface area contributed by atoms with Crippen LogP contribution in [0.3, 0.4) is 0 Å². The lowest BCUT2D eigenvalue weighted by molar-refractivity contribution is -0.130. The van der Waals surface area contributed by atoms with E-state index in [9.17, 15) is 19.2 Å². The van der Waals surface area contributed by atoms with Gasteiger partial charge in [-0.25, -0.2) is 19.6 Å². The molecule has 2 aliphatic rings. The molecule has 0 unspecified atom stereocenters. The molecule has 2 heterocycles. The van der Waals surface area contributed by atoms with Crippen LogP contribution < -0.4 is 9.47 Å². The quantitative estimate of drug-likeness (QED) is 0.194. The lowest BCUT2D eigenvalue weighted by Crippen LogP contribution is -2.25. The van der Waals surface area contributed by atoms with Gasteiger partial charge in [0.2, 0.25) is 11.6 Å². The predicted octanol–water partition coefficient (Wildman–Crippen LogP) is 1.78. The highest BCUT2D eigenvalue weighted by Gasteiger charge is 2.31. The van der Waals surface area contributed by atoms with Gasteiger partial charge in [0.05, 0.1) is 24.2 Å². The summed E-state index contributed by atoms with van der Waals surface area (Å²) >= 11 is 0. The third kappa shape index (κ3) is 3.52. The Balaban J connectivity index is 1.47. The Morgan fingerprint density at radius 2 is 1.03 bits per heavy atom.